The third-order valence-electron chi connectivity index (χ3n) is 9.89. The van der Waals surface area contributed by atoms with Gasteiger partial charge in [-0.15, -0.1) is 0 Å². The van der Waals surface area contributed by atoms with Crippen LogP contribution in [0, 0.1) is 40.4 Å². The van der Waals surface area contributed by atoms with E-state index in [-0.39, 0.29) is 29.1 Å². The number of rotatable bonds is 4. The summed E-state index contributed by atoms with van der Waals surface area (Å²) < 4.78 is 0. The Labute approximate surface area is 168 Å². The van der Waals surface area contributed by atoms with E-state index >= 15 is 0 Å². The summed E-state index contributed by atoms with van der Waals surface area (Å²) in [6, 6.07) is 0. The minimum atomic E-state index is -0.713. The molecule has 5 heteroatoms. The Kier molecular flexibility index (Phi) is 5.33. The lowest BCUT2D eigenvalue weighted by atomic mass is 9.43. The van der Waals surface area contributed by atoms with Gasteiger partial charge in [-0.2, -0.15) is 0 Å². The molecule has 0 radical (unpaired) electrons. The first-order valence-electron chi connectivity index (χ1n) is 11.4. The van der Waals surface area contributed by atoms with E-state index in [9.17, 15) is 20.1 Å². The van der Waals surface area contributed by atoms with Crippen molar-refractivity contribution >= 4 is 5.97 Å². The average Bonchev–Trinajstić information content (AvgIpc) is 2.97. The Bertz CT molecular complexity index is 608. The van der Waals surface area contributed by atoms with E-state index in [4.69, 9.17) is 5.11 Å². The second kappa shape index (κ2) is 7.24. The molecule has 0 heterocycles. The summed E-state index contributed by atoms with van der Waals surface area (Å²) in [5.74, 6) is 1.05. The fourth-order valence-electron chi connectivity index (χ4n) is 8.34. The van der Waals surface area contributed by atoms with Crippen LogP contribution in [0.15, 0.2) is 0 Å². The number of fused-ring (bicyclic) bond motifs is 5. The maximum Gasteiger partial charge on any atom is 0.303 e. The van der Waals surface area contributed by atoms with Crippen molar-refractivity contribution in [1.82, 2.24) is 0 Å². The van der Waals surface area contributed by atoms with Crippen LogP contribution in [-0.4, -0.2) is 44.7 Å². The van der Waals surface area contributed by atoms with E-state index in [0.29, 0.717) is 30.6 Å². The largest absolute Gasteiger partial charge is 0.481 e. The predicted octanol–water partition coefficient (Wildman–Crippen LogP) is 3.20. The van der Waals surface area contributed by atoms with E-state index < -0.39 is 24.3 Å². The third kappa shape index (κ3) is 3.04. The Morgan fingerprint density at radius 1 is 0.893 bits per heavy atom. The zero-order chi connectivity index (χ0) is 20.3. The van der Waals surface area contributed by atoms with Crippen LogP contribution in [0.1, 0.15) is 78.1 Å². The first-order valence-corrected chi connectivity index (χ1v) is 11.4. The monoisotopic (exact) mass is 394 g/mol. The summed E-state index contributed by atoms with van der Waals surface area (Å²) in [6.45, 7) is 4.70. The summed E-state index contributed by atoms with van der Waals surface area (Å²) in [5.41, 5.74) is 0.210. The number of aliphatic hydroxyl groups excluding tert-OH is 3. The zero-order valence-corrected chi connectivity index (χ0v) is 17.4. The molecule has 5 nitrogen and oxygen atoms in total. The van der Waals surface area contributed by atoms with Gasteiger partial charge in [-0.05, 0) is 98.2 Å². The van der Waals surface area contributed by atoms with Crippen LogP contribution in [0.25, 0.3) is 0 Å². The van der Waals surface area contributed by atoms with Gasteiger partial charge in [0.25, 0.3) is 0 Å². The number of carbonyl (C=O) groups is 1. The topological polar surface area (TPSA) is 98.0 Å². The highest BCUT2D eigenvalue weighted by atomic mass is 16.4. The molecule has 0 aromatic heterocycles. The molecule has 4 saturated carbocycles. The van der Waals surface area contributed by atoms with Crippen LogP contribution >= 0.6 is 0 Å². The number of aliphatic carboxylic acids is 1. The van der Waals surface area contributed by atoms with Crippen molar-refractivity contribution in [3.63, 3.8) is 0 Å². The van der Waals surface area contributed by atoms with Crippen molar-refractivity contribution in [2.24, 2.45) is 40.4 Å². The van der Waals surface area contributed by atoms with Gasteiger partial charge in [0.1, 0.15) is 0 Å². The lowest BCUT2D eigenvalue weighted by Crippen LogP contribution is -2.62. The van der Waals surface area contributed by atoms with Crippen LogP contribution in [0.4, 0.5) is 0 Å². The summed E-state index contributed by atoms with van der Waals surface area (Å²) in [4.78, 5) is 10.9. The standard InChI is InChI=1S/C23H38O5/c1-22-10-8-15-20(14(22)7-6-13(22)4-3-5-19(26)27)18(25)12-16-21(28)17(24)9-11-23(15,16)2/h13-18,20-21,24-25,28H,3-12H2,1-2H3,(H,26,27). The Balaban J connectivity index is 1.55. The molecule has 4 rings (SSSR count). The van der Waals surface area contributed by atoms with Crippen molar-refractivity contribution in [2.45, 2.75) is 96.4 Å². The molecule has 4 N–H and O–H groups in total. The van der Waals surface area contributed by atoms with Gasteiger partial charge in [-0.25, -0.2) is 0 Å². The highest BCUT2D eigenvalue weighted by Gasteiger charge is 2.63. The summed E-state index contributed by atoms with van der Waals surface area (Å²) in [5, 5.41) is 41.0. The van der Waals surface area contributed by atoms with Gasteiger partial charge >= 0.3 is 5.97 Å². The minimum Gasteiger partial charge on any atom is -0.481 e. The SMILES string of the molecule is CC12CCC3C(C(O)CC4C(O)C(O)CCC43C)C1CCC2CCCC(=O)O. The van der Waals surface area contributed by atoms with Crippen LogP contribution < -0.4 is 0 Å². The fraction of sp³-hybridized carbons (Fsp3) is 0.957. The summed E-state index contributed by atoms with van der Waals surface area (Å²) in [6.07, 6.45) is 6.95. The molecule has 4 aliphatic carbocycles. The van der Waals surface area contributed by atoms with Gasteiger partial charge in [0, 0.05) is 6.42 Å². The molecule has 4 aliphatic rings. The maximum atomic E-state index is 11.2. The number of carboxylic acid groups (broad SMARTS) is 1. The van der Waals surface area contributed by atoms with Crippen molar-refractivity contribution in [2.75, 3.05) is 0 Å². The molecule has 0 spiro atoms. The molecule has 4 fully saturated rings. The van der Waals surface area contributed by atoms with Gasteiger partial charge in [-0.3, -0.25) is 4.79 Å². The molecule has 0 bridgehead atoms. The van der Waals surface area contributed by atoms with Gasteiger partial charge in [-0.1, -0.05) is 13.8 Å². The molecular weight excluding hydrogens is 356 g/mol. The van der Waals surface area contributed by atoms with E-state index in [1.165, 1.54) is 0 Å². The predicted molar refractivity (Wildman–Crippen MR) is 105 cm³/mol. The van der Waals surface area contributed by atoms with E-state index in [2.05, 4.69) is 13.8 Å². The number of carboxylic acids is 1. The van der Waals surface area contributed by atoms with Crippen molar-refractivity contribution in [3.05, 3.63) is 0 Å². The highest BCUT2D eigenvalue weighted by Crippen LogP contribution is 2.67. The lowest BCUT2D eigenvalue weighted by molar-refractivity contribution is -0.206. The zero-order valence-electron chi connectivity index (χ0n) is 17.4. The smallest absolute Gasteiger partial charge is 0.303 e. The average molecular weight is 395 g/mol. The number of hydrogen-bond acceptors (Lipinski definition) is 4. The van der Waals surface area contributed by atoms with Gasteiger partial charge < -0.3 is 20.4 Å². The first-order chi connectivity index (χ1) is 13.2. The van der Waals surface area contributed by atoms with E-state index in [0.717, 1.165) is 44.9 Å². The van der Waals surface area contributed by atoms with Crippen molar-refractivity contribution in [1.29, 1.82) is 0 Å². The Morgan fingerprint density at radius 3 is 2.29 bits per heavy atom. The quantitative estimate of drug-likeness (QED) is 0.587. The van der Waals surface area contributed by atoms with Gasteiger partial charge in [0.2, 0.25) is 0 Å². The first kappa shape index (κ1) is 20.6. The molecule has 0 saturated heterocycles. The van der Waals surface area contributed by atoms with E-state index in [1.807, 2.05) is 0 Å². The van der Waals surface area contributed by atoms with E-state index in [1.54, 1.807) is 0 Å². The fourth-order valence-corrected chi connectivity index (χ4v) is 8.34. The second-order valence-corrected chi connectivity index (χ2v) is 10.9. The normalized spacial score (nSPS) is 53.2. The summed E-state index contributed by atoms with van der Waals surface area (Å²) in [7, 11) is 0. The Hall–Kier alpha value is -0.650. The number of aliphatic hydroxyl groups is 3. The molecule has 0 aliphatic heterocycles. The molecular formula is C23H38O5. The van der Waals surface area contributed by atoms with Gasteiger partial charge in [0.15, 0.2) is 0 Å². The summed E-state index contributed by atoms with van der Waals surface area (Å²) >= 11 is 0. The molecule has 160 valence electrons. The van der Waals surface area contributed by atoms with Crippen LogP contribution in [0.3, 0.4) is 0 Å². The minimum absolute atomic E-state index is 0.00523. The van der Waals surface area contributed by atoms with Crippen molar-refractivity contribution in [3.8, 4) is 0 Å². The molecule has 0 aromatic rings. The van der Waals surface area contributed by atoms with Crippen LogP contribution in [-0.2, 0) is 4.79 Å². The lowest BCUT2D eigenvalue weighted by Gasteiger charge is -2.63. The maximum absolute atomic E-state index is 11.2. The third-order valence-corrected chi connectivity index (χ3v) is 9.89. The van der Waals surface area contributed by atoms with Gasteiger partial charge in [0.05, 0.1) is 18.3 Å². The molecule has 0 amide bonds. The Morgan fingerprint density at radius 2 is 1.57 bits per heavy atom. The molecule has 10 atom stereocenters. The molecule has 10 unspecified atom stereocenters. The molecule has 28 heavy (non-hydrogen) atoms. The second-order valence-electron chi connectivity index (χ2n) is 10.9. The number of hydrogen-bond donors (Lipinski definition) is 4. The van der Waals surface area contributed by atoms with Crippen LogP contribution in [0.5, 0.6) is 0 Å². The molecule has 0 aromatic carbocycles. The highest BCUT2D eigenvalue weighted by molar-refractivity contribution is 5.66. The van der Waals surface area contributed by atoms with Crippen LogP contribution in [0.2, 0.25) is 0 Å². The van der Waals surface area contributed by atoms with Crippen molar-refractivity contribution < 1.29 is 25.2 Å².